The minimum absolute atomic E-state index is 0.0420. The Hall–Kier alpha value is -2.63. The van der Waals surface area contributed by atoms with Crippen molar-refractivity contribution in [1.82, 2.24) is 15.2 Å². The Kier molecular flexibility index (Phi) is 6.85. The van der Waals surface area contributed by atoms with E-state index in [2.05, 4.69) is 10.3 Å². The first kappa shape index (κ1) is 20.1. The largest absolute Gasteiger partial charge is 0.468 e. The Bertz CT molecular complexity index is 865. The van der Waals surface area contributed by atoms with E-state index in [1.807, 2.05) is 61.5 Å². The third-order valence-electron chi connectivity index (χ3n) is 4.69. The van der Waals surface area contributed by atoms with Crippen LogP contribution in [0, 0.1) is 0 Å². The molecule has 2 heterocycles. The van der Waals surface area contributed by atoms with E-state index in [1.165, 1.54) is 0 Å². The second-order valence-electron chi connectivity index (χ2n) is 6.87. The lowest BCUT2D eigenvalue weighted by Gasteiger charge is -2.24. The summed E-state index contributed by atoms with van der Waals surface area (Å²) in [5.74, 6) is 0.413. The average Bonchev–Trinajstić information content (AvgIpc) is 3.22. The van der Waals surface area contributed by atoms with Crippen molar-refractivity contribution in [1.29, 1.82) is 0 Å². The lowest BCUT2D eigenvalue weighted by molar-refractivity contribution is -0.122. The maximum Gasteiger partial charge on any atom is 0.228 e. The number of pyridine rings is 1. The van der Waals surface area contributed by atoms with Crippen LogP contribution in [-0.4, -0.2) is 36.4 Å². The molecule has 28 heavy (non-hydrogen) atoms. The summed E-state index contributed by atoms with van der Waals surface area (Å²) in [6, 6.07) is 16.9. The number of amides is 1. The number of hydrogen-bond acceptors (Lipinski definition) is 4. The molecule has 0 bridgehead atoms. The fourth-order valence-corrected chi connectivity index (χ4v) is 3.25. The molecule has 3 rings (SSSR count). The van der Waals surface area contributed by atoms with E-state index in [4.69, 9.17) is 16.0 Å². The van der Waals surface area contributed by atoms with Gasteiger partial charge in [0.05, 0.1) is 18.2 Å². The fraction of sp³-hybridized carbons (Fsp3) is 0.273. The molecule has 1 amide bonds. The van der Waals surface area contributed by atoms with Gasteiger partial charge in [-0.2, -0.15) is 0 Å². The minimum atomic E-state index is -0.355. The Morgan fingerprint density at radius 2 is 1.93 bits per heavy atom. The Morgan fingerprint density at radius 1 is 1.14 bits per heavy atom. The van der Waals surface area contributed by atoms with Crippen LogP contribution < -0.4 is 5.32 Å². The standard InChI is InChI=1S/C22H24ClN3O2/c1-26(2)20(21-7-5-13-28-21)15-25-22(27)19(14-18-6-3-4-12-24-18)16-8-10-17(23)11-9-16/h3-13,19-20H,14-15H2,1-2H3,(H,25,27). The predicted molar refractivity (Wildman–Crippen MR) is 110 cm³/mol. The summed E-state index contributed by atoms with van der Waals surface area (Å²) in [4.78, 5) is 19.5. The van der Waals surface area contributed by atoms with Gasteiger partial charge in [-0.3, -0.25) is 14.7 Å². The number of halogens is 1. The summed E-state index contributed by atoms with van der Waals surface area (Å²) in [5.41, 5.74) is 1.78. The monoisotopic (exact) mass is 397 g/mol. The molecular weight excluding hydrogens is 374 g/mol. The zero-order valence-electron chi connectivity index (χ0n) is 16.0. The lowest BCUT2D eigenvalue weighted by Crippen LogP contribution is -2.37. The van der Waals surface area contributed by atoms with Crippen molar-refractivity contribution >= 4 is 17.5 Å². The first-order chi connectivity index (χ1) is 13.5. The molecule has 146 valence electrons. The van der Waals surface area contributed by atoms with Crippen molar-refractivity contribution in [2.45, 2.75) is 18.4 Å². The summed E-state index contributed by atoms with van der Waals surface area (Å²) < 4.78 is 5.53. The van der Waals surface area contributed by atoms with Crippen molar-refractivity contribution in [2.75, 3.05) is 20.6 Å². The second kappa shape index (κ2) is 9.53. The molecule has 0 radical (unpaired) electrons. The van der Waals surface area contributed by atoms with E-state index < -0.39 is 0 Å². The summed E-state index contributed by atoms with van der Waals surface area (Å²) >= 11 is 6.02. The highest BCUT2D eigenvalue weighted by molar-refractivity contribution is 6.30. The molecule has 0 saturated heterocycles. The summed E-state index contributed by atoms with van der Waals surface area (Å²) in [7, 11) is 3.92. The molecule has 0 aliphatic carbocycles. The molecule has 2 unspecified atom stereocenters. The quantitative estimate of drug-likeness (QED) is 0.622. The number of rotatable bonds is 8. The molecular formula is C22H24ClN3O2. The molecule has 6 heteroatoms. The van der Waals surface area contributed by atoms with Gasteiger partial charge in [-0.05, 0) is 56.1 Å². The molecule has 0 aliphatic rings. The van der Waals surface area contributed by atoms with Crippen molar-refractivity contribution in [3.8, 4) is 0 Å². The molecule has 0 saturated carbocycles. The Balaban J connectivity index is 1.76. The summed E-state index contributed by atoms with van der Waals surface area (Å²) in [6.07, 6.45) is 3.90. The number of benzene rings is 1. The zero-order chi connectivity index (χ0) is 19.9. The highest BCUT2D eigenvalue weighted by atomic mass is 35.5. The van der Waals surface area contributed by atoms with Crippen LogP contribution in [0.5, 0.6) is 0 Å². The van der Waals surface area contributed by atoms with Crippen LogP contribution in [-0.2, 0) is 11.2 Å². The average molecular weight is 398 g/mol. The van der Waals surface area contributed by atoms with Gasteiger partial charge in [0.25, 0.3) is 0 Å². The number of likely N-dealkylation sites (N-methyl/N-ethyl adjacent to an activating group) is 1. The SMILES string of the molecule is CN(C)C(CNC(=O)C(Cc1ccccn1)c1ccc(Cl)cc1)c1ccco1. The van der Waals surface area contributed by atoms with Gasteiger partial charge in [0.1, 0.15) is 5.76 Å². The smallest absolute Gasteiger partial charge is 0.228 e. The number of aromatic nitrogens is 1. The van der Waals surface area contributed by atoms with E-state index in [0.29, 0.717) is 18.0 Å². The Morgan fingerprint density at radius 3 is 2.54 bits per heavy atom. The topological polar surface area (TPSA) is 58.4 Å². The third kappa shape index (κ3) is 5.21. The van der Waals surface area contributed by atoms with E-state index >= 15 is 0 Å². The zero-order valence-corrected chi connectivity index (χ0v) is 16.8. The normalized spacial score (nSPS) is 13.3. The highest BCUT2D eigenvalue weighted by Crippen LogP contribution is 2.23. The maximum absolute atomic E-state index is 13.1. The summed E-state index contributed by atoms with van der Waals surface area (Å²) in [6.45, 7) is 0.450. The highest BCUT2D eigenvalue weighted by Gasteiger charge is 2.24. The van der Waals surface area contributed by atoms with Crippen molar-refractivity contribution in [2.24, 2.45) is 0 Å². The number of nitrogens with one attached hydrogen (secondary N) is 1. The van der Waals surface area contributed by atoms with E-state index in [1.54, 1.807) is 24.6 Å². The molecule has 0 aliphatic heterocycles. The number of carbonyl (C=O) groups is 1. The lowest BCUT2D eigenvalue weighted by atomic mass is 9.93. The fourth-order valence-electron chi connectivity index (χ4n) is 3.12. The van der Waals surface area contributed by atoms with Crippen LogP contribution in [0.1, 0.15) is 29.0 Å². The van der Waals surface area contributed by atoms with Crippen molar-refractivity contribution in [3.05, 3.63) is 89.1 Å². The van der Waals surface area contributed by atoms with Gasteiger partial charge in [-0.1, -0.05) is 29.8 Å². The maximum atomic E-state index is 13.1. The molecule has 2 aromatic heterocycles. The van der Waals surface area contributed by atoms with Gasteiger partial charge in [0.15, 0.2) is 0 Å². The first-order valence-electron chi connectivity index (χ1n) is 9.17. The van der Waals surface area contributed by atoms with Gasteiger partial charge in [0.2, 0.25) is 5.91 Å². The second-order valence-corrected chi connectivity index (χ2v) is 7.31. The van der Waals surface area contributed by atoms with Crippen LogP contribution >= 0.6 is 11.6 Å². The molecule has 0 fully saturated rings. The molecule has 1 N–H and O–H groups in total. The van der Waals surface area contributed by atoms with E-state index in [-0.39, 0.29) is 17.9 Å². The van der Waals surface area contributed by atoms with Gasteiger partial charge in [0, 0.05) is 29.9 Å². The molecule has 5 nitrogen and oxygen atoms in total. The van der Waals surface area contributed by atoms with Crippen LogP contribution in [0.2, 0.25) is 5.02 Å². The van der Waals surface area contributed by atoms with Gasteiger partial charge in [-0.25, -0.2) is 0 Å². The number of furan rings is 1. The van der Waals surface area contributed by atoms with Gasteiger partial charge in [-0.15, -0.1) is 0 Å². The van der Waals surface area contributed by atoms with E-state index in [0.717, 1.165) is 17.0 Å². The molecule has 0 spiro atoms. The number of carbonyl (C=O) groups excluding carboxylic acids is 1. The number of nitrogens with zero attached hydrogens (tertiary/aromatic N) is 2. The molecule has 2 atom stereocenters. The summed E-state index contributed by atoms with van der Waals surface area (Å²) in [5, 5.41) is 3.73. The molecule has 1 aromatic carbocycles. The van der Waals surface area contributed by atoms with Crippen LogP contribution in [0.15, 0.2) is 71.5 Å². The van der Waals surface area contributed by atoms with Crippen LogP contribution in [0.3, 0.4) is 0 Å². The Labute approximate surface area is 170 Å². The third-order valence-corrected chi connectivity index (χ3v) is 4.94. The molecule has 3 aromatic rings. The van der Waals surface area contributed by atoms with Crippen molar-refractivity contribution < 1.29 is 9.21 Å². The van der Waals surface area contributed by atoms with Crippen molar-refractivity contribution in [3.63, 3.8) is 0 Å². The minimum Gasteiger partial charge on any atom is -0.468 e. The van der Waals surface area contributed by atoms with Gasteiger partial charge >= 0.3 is 0 Å². The number of hydrogen-bond donors (Lipinski definition) is 1. The van der Waals surface area contributed by atoms with Gasteiger partial charge < -0.3 is 9.73 Å². The van der Waals surface area contributed by atoms with Crippen LogP contribution in [0.4, 0.5) is 0 Å². The first-order valence-corrected chi connectivity index (χ1v) is 9.55. The van der Waals surface area contributed by atoms with Crippen LogP contribution in [0.25, 0.3) is 0 Å². The predicted octanol–water partition coefficient (Wildman–Crippen LogP) is 4.07. The van der Waals surface area contributed by atoms with E-state index in [9.17, 15) is 4.79 Å².